The van der Waals surface area contributed by atoms with E-state index in [1.165, 1.54) is 23.3 Å². The summed E-state index contributed by atoms with van der Waals surface area (Å²) in [5.41, 5.74) is 1.68. The van der Waals surface area contributed by atoms with Crippen LogP contribution in [0.4, 0.5) is 5.13 Å². The largest absolute Gasteiger partial charge is 0.507 e. The number of ketones is 1. The first-order valence-electron chi connectivity index (χ1n) is 10.6. The number of Topliss-reactive ketones (excluding diaryl/α,β-unsaturated/α-hetero) is 1. The molecule has 0 spiro atoms. The first kappa shape index (κ1) is 23.1. The number of fused-ring (bicyclic) bond motifs is 1. The van der Waals surface area contributed by atoms with E-state index in [1.807, 2.05) is 30.3 Å². The first-order valence-corrected chi connectivity index (χ1v) is 12.2. The number of nitrogens with zero attached hydrogens (tertiary/aromatic N) is 2. The van der Waals surface area contributed by atoms with Crippen molar-refractivity contribution in [3.8, 4) is 11.5 Å². The van der Waals surface area contributed by atoms with Crippen molar-refractivity contribution in [3.05, 3.63) is 87.9 Å². The van der Waals surface area contributed by atoms with E-state index >= 15 is 0 Å². The second kappa shape index (κ2) is 9.16. The fraction of sp³-hybridized carbons (Fsp3) is 0.115. The number of benzene rings is 3. The topological polar surface area (TPSA) is 89.0 Å². The second-order valence-electron chi connectivity index (χ2n) is 7.79. The van der Waals surface area contributed by atoms with Crippen LogP contribution in [0.5, 0.6) is 11.5 Å². The van der Waals surface area contributed by atoms with E-state index in [2.05, 4.69) is 20.9 Å². The molecule has 4 aromatic rings. The van der Waals surface area contributed by atoms with Crippen LogP contribution in [0, 0.1) is 0 Å². The van der Waals surface area contributed by atoms with Gasteiger partial charge in [0.05, 0.1) is 36.1 Å². The van der Waals surface area contributed by atoms with Crippen molar-refractivity contribution in [1.82, 2.24) is 4.98 Å². The third-order valence-corrected chi connectivity index (χ3v) is 7.25. The van der Waals surface area contributed by atoms with Crippen LogP contribution in [0.15, 0.2) is 76.8 Å². The van der Waals surface area contributed by atoms with Gasteiger partial charge in [0.2, 0.25) is 0 Å². The molecule has 1 aliphatic rings. The molecule has 35 heavy (non-hydrogen) atoms. The summed E-state index contributed by atoms with van der Waals surface area (Å²) in [6.07, 6.45) is 0. The predicted octanol–water partition coefficient (Wildman–Crippen LogP) is 5.70. The van der Waals surface area contributed by atoms with Gasteiger partial charge in [-0.2, -0.15) is 0 Å². The highest BCUT2D eigenvalue weighted by atomic mass is 79.9. The Kier molecular flexibility index (Phi) is 6.04. The average Bonchev–Trinajstić information content (AvgIpc) is 3.41. The fourth-order valence-corrected chi connectivity index (χ4v) is 5.51. The molecule has 0 radical (unpaired) electrons. The van der Waals surface area contributed by atoms with Crippen LogP contribution in [0.3, 0.4) is 0 Å². The van der Waals surface area contributed by atoms with Gasteiger partial charge in [-0.3, -0.25) is 14.5 Å². The monoisotopic (exact) mass is 550 g/mol. The lowest BCUT2D eigenvalue weighted by Crippen LogP contribution is -2.29. The minimum absolute atomic E-state index is 0.0156. The Balaban J connectivity index is 1.72. The Labute approximate surface area is 213 Å². The van der Waals surface area contributed by atoms with Crippen molar-refractivity contribution >= 4 is 60.1 Å². The number of thiazole rings is 1. The number of ether oxygens (including phenoxy) is 2. The number of halogens is 1. The molecule has 1 N–H and O–H groups in total. The van der Waals surface area contributed by atoms with Crippen molar-refractivity contribution in [3.63, 3.8) is 0 Å². The quantitative estimate of drug-likeness (QED) is 0.195. The molecular weight excluding hydrogens is 532 g/mol. The number of carbonyl (C=O) groups is 2. The van der Waals surface area contributed by atoms with Gasteiger partial charge in [0, 0.05) is 10.0 Å². The molecule has 1 aliphatic heterocycles. The van der Waals surface area contributed by atoms with Crippen molar-refractivity contribution in [2.24, 2.45) is 0 Å². The van der Waals surface area contributed by atoms with E-state index in [9.17, 15) is 14.7 Å². The molecule has 1 saturated heterocycles. The number of aromatic nitrogens is 1. The highest BCUT2D eigenvalue weighted by Crippen LogP contribution is 2.45. The maximum Gasteiger partial charge on any atom is 0.301 e. The zero-order chi connectivity index (χ0) is 24.7. The van der Waals surface area contributed by atoms with Crippen molar-refractivity contribution in [2.75, 3.05) is 19.1 Å². The molecular formula is C26H19BrN2O5S. The van der Waals surface area contributed by atoms with Crippen LogP contribution in [0.2, 0.25) is 0 Å². The maximum absolute atomic E-state index is 13.4. The molecule has 0 bridgehead atoms. The molecule has 1 fully saturated rings. The summed E-state index contributed by atoms with van der Waals surface area (Å²) >= 11 is 4.74. The van der Waals surface area contributed by atoms with Gasteiger partial charge in [0.15, 0.2) is 5.13 Å². The Morgan fingerprint density at radius 1 is 1.00 bits per heavy atom. The molecule has 1 amide bonds. The number of aliphatic hydroxyl groups is 1. The summed E-state index contributed by atoms with van der Waals surface area (Å²) < 4.78 is 12.2. The van der Waals surface area contributed by atoms with Crippen LogP contribution in [0.25, 0.3) is 16.0 Å². The van der Waals surface area contributed by atoms with Crippen molar-refractivity contribution < 1.29 is 24.2 Å². The number of hydrogen-bond donors (Lipinski definition) is 1. The third-order valence-electron chi connectivity index (χ3n) is 5.74. The van der Waals surface area contributed by atoms with Crippen LogP contribution >= 0.6 is 27.3 Å². The van der Waals surface area contributed by atoms with E-state index in [4.69, 9.17) is 9.47 Å². The molecule has 176 valence electrons. The number of anilines is 1. The minimum atomic E-state index is -0.874. The lowest BCUT2D eigenvalue weighted by molar-refractivity contribution is -0.132. The SMILES string of the molecule is COc1cccc(C(O)=C2C(=O)C(=O)N(c3nc4ccc(OC)cc4s3)C2c2cccc(Br)c2)c1. The Morgan fingerprint density at radius 3 is 2.49 bits per heavy atom. The Bertz CT molecular complexity index is 1510. The molecule has 3 aromatic carbocycles. The third kappa shape index (κ3) is 4.06. The molecule has 1 aromatic heterocycles. The lowest BCUT2D eigenvalue weighted by atomic mass is 9.95. The van der Waals surface area contributed by atoms with Crippen LogP contribution in [-0.4, -0.2) is 36.0 Å². The van der Waals surface area contributed by atoms with Crippen LogP contribution in [0.1, 0.15) is 17.2 Å². The fourth-order valence-electron chi connectivity index (χ4n) is 4.07. The maximum atomic E-state index is 13.4. The molecule has 1 unspecified atom stereocenters. The van der Waals surface area contributed by atoms with E-state index in [0.717, 1.165) is 9.17 Å². The predicted molar refractivity (Wildman–Crippen MR) is 138 cm³/mol. The second-order valence-corrected chi connectivity index (χ2v) is 9.71. The molecule has 1 atom stereocenters. The number of aliphatic hydroxyl groups excluding tert-OH is 1. The van der Waals surface area contributed by atoms with Gasteiger partial charge in [0.1, 0.15) is 17.3 Å². The summed E-state index contributed by atoms with van der Waals surface area (Å²) in [6, 6.07) is 18.5. The van der Waals surface area contributed by atoms with E-state index in [0.29, 0.717) is 33.3 Å². The van der Waals surface area contributed by atoms with E-state index in [-0.39, 0.29) is 11.3 Å². The van der Waals surface area contributed by atoms with Gasteiger partial charge in [-0.15, -0.1) is 0 Å². The zero-order valence-electron chi connectivity index (χ0n) is 18.7. The smallest absolute Gasteiger partial charge is 0.301 e. The molecule has 0 aliphatic carbocycles. The van der Waals surface area contributed by atoms with E-state index < -0.39 is 17.7 Å². The molecule has 9 heteroatoms. The molecule has 2 heterocycles. The lowest BCUT2D eigenvalue weighted by Gasteiger charge is -2.23. The number of carbonyl (C=O) groups excluding carboxylic acids is 2. The van der Waals surface area contributed by atoms with E-state index in [1.54, 1.807) is 43.5 Å². The first-order chi connectivity index (χ1) is 16.9. The molecule has 0 saturated carbocycles. The average molecular weight is 551 g/mol. The number of hydrogen-bond acceptors (Lipinski definition) is 7. The van der Waals surface area contributed by atoms with Crippen molar-refractivity contribution in [1.29, 1.82) is 0 Å². The van der Waals surface area contributed by atoms with Crippen molar-refractivity contribution in [2.45, 2.75) is 6.04 Å². The standard InChI is InChI=1S/C26H19BrN2O5S/c1-33-17-8-4-6-15(12-17)23(30)21-22(14-5-3-7-16(27)11-14)29(25(32)24(21)31)26-28-19-10-9-18(34-2)13-20(19)35-26/h3-13,22,30H,1-2H3. The normalized spacial score (nSPS) is 17.2. The number of methoxy groups -OCH3 is 2. The summed E-state index contributed by atoms with van der Waals surface area (Å²) in [5, 5.41) is 11.6. The van der Waals surface area contributed by atoms with Gasteiger partial charge < -0.3 is 14.6 Å². The summed E-state index contributed by atoms with van der Waals surface area (Å²) in [5.74, 6) is -0.645. The summed E-state index contributed by atoms with van der Waals surface area (Å²) in [6.45, 7) is 0. The number of amides is 1. The zero-order valence-corrected chi connectivity index (χ0v) is 21.1. The van der Waals surface area contributed by atoms with Gasteiger partial charge in [0.25, 0.3) is 5.78 Å². The van der Waals surface area contributed by atoms with Crippen LogP contribution < -0.4 is 14.4 Å². The van der Waals surface area contributed by atoms with Crippen LogP contribution in [-0.2, 0) is 9.59 Å². The van der Waals surface area contributed by atoms with Gasteiger partial charge in [-0.1, -0.05) is 51.5 Å². The van der Waals surface area contributed by atoms with Gasteiger partial charge in [-0.05, 0) is 48.0 Å². The number of rotatable bonds is 5. The summed E-state index contributed by atoms with van der Waals surface area (Å²) in [7, 11) is 3.09. The highest BCUT2D eigenvalue weighted by molar-refractivity contribution is 9.10. The minimum Gasteiger partial charge on any atom is -0.507 e. The van der Waals surface area contributed by atoms with Gasteiger partial charge >= 0.3 is 5.91 Å². The Hall–Kier alpha value is -3.69. The molecule has 5 rings (SSSR count). The molecule has 7 nitrogen and oxygen atoms in total. The Morgan fingerprint density at radius 2 is 1.74 bits per heavy atom. The van der Waals surface area contributed by atoms with Gasteiger partial charge in [-0.25, -0.2) is 4.98 Å². The summed E-state index contributed by atoms with van der Waals surface area (Å²) in [4.78, 5) is 32.7. The highest BCUT2D eigenvalue weighted by Gasteiger charge is 2.48.